The number of nitrogens with zero attached hydrogens (tertiary/aromatic N) is 2. The van der Waals surface area contributed by atoms with Crippen LogP contribution < -0.4 is 0 Å². The van der Waals surface area contributed by atoms with Crippen LogP contribution in [-0.4, -0.2) is 29.1 Å². The lowest BCUT2D eigenvalue weighted by Gasteiger charge is -2.28. The van der Waals surface area contributed by atoms with Gasteiger partial charge in [0.05, 0.1) is 24.2 Å². The maximum Gasteiger partial charge on any atom is 0.411 e. The third-order valence-electron chi connectivity index (χ3n) is 3.33. The molecule has 1 aliphatic heterocycles. The van der Waals surface area contributed by atoms with E-state index < -0.39 is 42.4 Å². The summed E-state index contributed by atoms with van der Waals surface area (Å²) in [6.07, 6.45) is -1.52. The lowest BCUT2D eigenvalue weighted by Crippen LogP contribution is -2.37. The number of hydrogen-bond donors (Lipinski definition) is 0. The third kappa shape index (κ3) is 4.15. The Balaban J connectivity index is 2.36. The average molecular weight is 326 g/mol. The third-order valence-corrected chi connectivity index (χ3v) is 3.33. The van der Waals surface area contributed by atoms with E-state index in [9.17, 15) is 18.0 Å². The van der Waals surface area contributed by atoms with Crippen molar-refractivity contribution in [3.63, 3.8) is 0 Å². The van der Waals surface area contributed by atoms with Gasteiger partial charge in [-0.3, -0.25) is 4.90 Å². The molecule has 0 spiro atoms. The van der Waals surface area contributed by atoms with E-state index in [2.05, 4.69) is 0 Å². The summed E-state index contributed by atoms with van der Waals surface area (Å²) in [7, 11) is 0. The Kier molecular flexibility index (Phi) is 4.29. The largest absolute Gasteiger partial charge is 0.444 e. The standard InChI is InChI=1S/C16H17F3N2O2/c1-15(2,3)23-14(22)21-9-16(18,19)7-13(21)11-4-10(8-20)5-12(17)6-11/h4-6,13H,7,9H2,1-3H3. The molecule has 0 bridgehead atoms. The maximum atomic E-state index is 13.8. The van der Waals surface area contributed by atoms with Crippen molar-refractivity contribution >= 4 is 6.09 Å². The van der Waals surface area contributed by atoms with Crippen molar-refractivity contribution in [2.75, 3.05) is 6.54 Å². The Bertz CT molecular complexity index is 662. The molecule has 1 amide bonds. The summed E-state index contributed by atoms with van der Waals surface area (Å²) in [6.45, 7) is 4.09. The predicted octanol–water partition coefficient (Wildman–Crippen LogP) is 4.01. The van der Waals surface area contributed by atoms with Crippen LogP contribution in [0.5, 0.6) is 0 Å². The second kappa shape index (κ2) is 5.76. The van der Waals surface area contributed by atoms with Gasteiger partial charge < -0.3 is 4.74 Å². The number of alkyl halides is 2. The number of halogens is 3. The molecular formula is C16H17F3N2O2. The van der Waals surface area contributed by atoms with Crippen molar-refractivity contribution in [3.05, 3.63) is 35.1 Å². The fourth-order valence-corrected chi connectivity index (χ4v) is 2.50. The molecule has 1 saturated heterocycles. The number of carbonyl (C=O) groups is 1. The highest BCUT2D eigenvalue weighted by atomic mass is 19.3. The second-order valence-corrected chi connectivity index (χ2v) is 6.57. The van der Waals surface area contributed by atoms with Crippen LogP contribution in [0.2, 0.25) is 0 Å². The smallest absolute Gasteiger partial charge is 0.411 e. The summed E-state index contributed by atoms with van der Waals surface area (Å²) in [4.78, 5) is 13.1. The minimum absolute atomic E-state index is 0.0133. The normalized spacial score (nSPS) is 20.2. The zero-order valence-electron chi connectivity index (χ0n) is 13.1. The Morgan fingerprint density at radius 3 is 2.61 bits per heavy atom. The number of nitriles is 1. The second-order valence-electron chi connectivity index (χ2n) is 6.57. The monoisotopic (exact) mass is 326 g/mol. The van der Waals surface area contributed by atoms with Gasteiger partial charge in [0.25, 0.3) is 5.92 Å². The van der Waals surface area contributed by atoms with Crippen LogP contribution in [-0.2, 0) is 4.74 Å². The highest BCUT2D eigenvalue weighted by Crippen LogP contribution is 2.42. The molecule has 0 aliphatic carbocycles. The van der Waals surface area contributed by atoms with E-state index >= 15 is 0 Å². The van der Waals surface area contributed by atoms with E-state index in [1.165, 1.54) is 6.07 Å². The molecule has 1 fully saturated rings. The maximum absolute atomic E-state index is 13.8. The van der Waals surface area contributed by atoms with Gasteiger partial charge in [-0.1, -0.05) is 0 Å². The first kappa shape index (κ1) is 17.1. The molecule has 1 aromatic rings. The van der Waals surface area contributed by atoms with Crippen LogP contribution in [0.15, 0.2) is 18.2 Å². The quantitative estimate of drug-likeness (QED) is 0.783. The molecule has 1 atom stereocenters. The zero-order chi connectivity index (χ0) is 17.4. The van der Waals surface area contributed by atoms with E-state index in [4.69, 9.17) is 10.00 Å². The molecule has 7 heteroatoms. The van der Waals surface area contributed by atoms with Gasteiger partial charge >= 0.3 is 6.09 Å². The number of hydrogen-bond acceptors (Lipinski definition) is 3. The van der Waals surface area contributed by atoms with Gasteiger partial charge in [-0.05, 0) is 44.5 Å². The molecule has 1 heterocycles. The van der Waals surface area contributed by atoms with Crippen molar-refractivity contribution in [1.82, 2.24) is 4.90 Å². The van der Waals surface area contributed by atoms with Crippen LogP contribution >= 0.6 is 0 Å². The molecule has 0 saturated carbocycles. The van der Waals surface area contributed by atoms with Gasteiger partial charge in [-0.15, -0.1) is 0 Å². The molecule has 23 heavy (non-hydrogen) atoms. The Hall–Kier alpha value is -2.23. The van der Waals surface area contributed by atoms with Crippen LogP contribution in [0.25, 0.3) is 0 Å². The number of rotatable bonds is 1. The molecule has 2 rings (SSSR count). The Labute approximate surface area is 132 Å². The van der Waals surface area contributed by atoms with Gasteiger partial charge in [-0.25, -0.2) is 18.0 Å². The summed E-state index contributed by atoms with van der Waals surface area (Å²) >= 11 is 0. The van der Waals surface area contributed by atoms with Crippen LogP contribution in [0.4, 0.5) is 18.0 Å². The number of carbonyl (C=O) groups excluding carboxylic acids is 1. The Morgan fingerprint density at radius 2 is 2.04 bits per heavy atom. The summed E-state index contributed by atoms with van der Waals surface area (Å²) in [6, 6.07) is 4.11. The topological polar surface area (TPSA) is 53.3 Å². The molecule has 0 radical (unpaired) electrons. The molecule has 1 aliphatic rings. The van der Waals surface area contributed by atoms with Crippen LogP contribution in [0, 0.1) is 17.1 Å². The van der Waals surface area contributed by atoms with Gasteiger partial charge in [0.15, 0.2) is 0 Å². The van der Waals surface area contributed by atoms with Crippen LogP contribution in [0.1, 0.15) is 44.4 Å². The summed E-state index contributed by atoms with van der Waals surface area (Å²) < 4.78 is 46.3. The first-order chi connectivity index (χ1) is 10.5. The van der Waals surface area contributed by atoms with E-state index in [-0.39, 0.29) is 11.1 Å². The van der Waals surface area contributed by atoms with E-state index in [0.29, 0.717) is 0 Å². The molecule has 1 aromatic carbocycles. The van der Waals surface area contributed by atoms with Gasteiger partial charge in [0, 0.05) is 6.42 Å². The molecule has 124 valence electrons. The minimum atomic E-state index is -3.10. The summed E-state index contributed by atoms with van der Waals surface area (Å²) in [5.74, 6) is -3.81. The van der Waals surface area contributed by atoms with Crippen molar-refractivity contribution in [3.8, 4) is 6.07 Å². The van der Waals surface area contributed by atoms with Crippen molar-refractivity contribution in [2.45, 2.75) is 44.8 Å². The average Bonchev–Trinajstić information content (AvgIpc) is 2.72. The molecule has 0 N–H and O–H groups in total. The molecule has 0 aromatic heterocycles. The predicted molar refractivity (Wildman–Crippen MR) is 76.4 cm³/mol. The Morgan fingerprint density at radius 1 is 1.39 bits per heavy atom. The molecule has 1 unspecified atom stereocenters. The van der Waals surface area contributed by atoms with Crippen molar-refractivity contribution in [2.24, 2.45) is 0 Å². The van der Waals surface area contributed by atoms with Gasteiger partial charge in [0.1, 0.15) is 11.4 Å². The lowest BCUT2D eigenvalue weighted by molar-refractivity contribution is -0.00243. The summed E-state index contributed by atoms with van der Waals surface area (Å²) in [5, 5.41) is 8.89. The lowest BCUT2D eigenvalue weighted by atomic mass is 10.0. The SMILES string of the molecule is CC(C)(C)OC(=O)N1CC(F)(F)CC1c1cc(F)cc(C#N)c1. The van der Waals surface area contributed by atoms with E-state index in [0.717, 1.165) is 17.0 Å². The molecular weight excluding hydrogens is 309 g/mol. The van der Waals surface area contributed by atoms with Gasteiger partial charge in [0.2, 0.25) is 0 Å². The highest BCUT2D eigenvalue weighted by Gasteiger charge is 2.48. The number of amides is 1. The van der Waals surface area contributed by atoms with Crippen LogP contribution in [0.3, 0.4) is 0 Å². The first-order valence-electron chi connectivity index (χ1n) is 7.09. The number of likely N-dealkylation sites (tertiary alicyclic amines) is 1. The van der Waals surface area contributed by atoms with Crippen molar-refractivity contribution < 1.29 is 22.7 Å². The highest BCUT2D eigenvalue weighted by molar-refractivity contribution is 5.69. The first-order valence-corrected chi connectivity index (χ1v) is 7.09. The van der Waals surface area contributed by atoms with Gasteiger partial charge in [-0.2, -0.15) is 5.26 Å². The number of benzene rings is 1. The minimum Gasteiger partial charge on any atom is -0.444 e. The van der Waals surface area contributed by atoms with E-state index in [1.807, 2.05) is 0 Å². The zero-order valence-corrected chi connectivity index (χ0v) is 13.1. The van der Waals surface area contributed by atoms with E-state index in [1.54, 1.807) is 26.8 Å². The fourth-order valence-electron chi connectivity index (χ4n) is 2.50. The van der Waals surface area contributed by atoms with Crippen molar-refractivity contribution in [1.29, 1.82) is 5.26 Å². The molecule has 4 nitrogen and oxygen atoms in total. The fraction of sp³-hybridized carbons (Fsp3) is 0.500. The number of ether oxygens (including phenoxy) is 1. The summed E-state index contributed by atoms with van der Waals surface area (Å²) in [5.41, 5.74) is -0.664.